The molecule has 0 aliphatic heterocycles. The van der Waals surface area contributed by atoms with Crippen LogP contribution in [-0.4, -0.2) is 17.3 Å². The first kappa shape index (κ1) is 14.4. The molecule has 1 aliphatic carbocycles. The van der Waals surface area contributed by atoms with Gasteiger partial charge in [0, 0.05) is 17.5 Å². The van der Waals surface area contributed by atoms with E-state index in [1.165, 1.54) is 0 Å². The molecule has 0 atom stereocenters. The van der Waals surface area contributed by atoms with Gasteiger partial charge in [-0.2, -0.15) is 0 Å². The molecule has 0 unspecified atom stereocenters. The summed E-state index contributed by atoms with van der Waals surface area (Å²) >= 11 is 0. The molecule has 0 aromatic heterocycles. The second-order valence-corrected chi connectivity index (χ2v) is 5.57. The standard InChI is InChI=1S/C19H16O3/c20-16-12-7-13-19(16,17(21)14-8-3-1-4-9-14)18(22)15-10-5-2-6-11-15/h1-6,8-11H,7,12-13H2. The number of carbonyl (C=O) groups is 3. The second kappa shape index (κ2) is 5.68. The Morgan fingerprint density at radius 2 is 1.23 bits per heavy atom. The molecule has 0 saturated heterocycles. The van der Waals surface area contributed by atoms with E-state index in [2.05, 4.69) is 0 Å². The monoisotopic (exact) mass is 292 g/mol. The molecular formula is C19H16O3. The average molecular weight is 292 g/mol. The fourth-order valence-electron chi connectivity index (χ4n) is 3.12. The van der Waals surface area contributed by atoms with Crippen LogP contribution >= 0.6 is 0 Å². The fourth-order valence-corrected chi connectivity index (χ4v) is 3.12. The van der Waals surface area contributed by atoms with Crippen molar-refractivity contribution in [2.24, 2.45) is 5.41 Å². The Morgan fingerprint density at radius 3 is 1.59 bits per heavy atom. The Hall–Kier alpha value is -2.55. The second-order valence-electron chi connectivity index (χ2n) is 5.57. The lowest BCUT2D eigenvalue weighted by atomic mass is 9.72. The number of hydrogen-bond donors (Lipinski definition) is 0. The number of ketones is 3. The van der Waals surface area contributed by atoms with Gasteiger partial charge in [0.25, 0.3) is 0 Å². The number of hydrogen-bond acceptors (Lipinski definition) is 3. The summed E-state index contributed by atoms with van der Waals surface area (Å²) in [4.78, 5) is 38.4. The van der Waals surface area contributed by atoms with Crippen LogP contribution in [0, 0.1) is 5.41 Å². The lowest BCUT2D eigenvalue weighted by Crippen LogP contribution is -2.43. The quantitative estimate of drug-likeness (QED) is 0.640. The van der Waals surface area contributed by atoms with Gasteiger partial charge in [0.05, 0.1) is 0 Å². The predicted octanol–water partition coefficient (Wildman–Crippen LogP) is 3.49. The molecule has 1 fully saturated rings. The zero-order valence-electron chi connectivity index (χ0n) is 12.1. The van der Waals surface area contributed by atoms with Gasteiger partial charge in [-0.1, -0.05) is 60.7 Å². The Labute approximate surface area is 129 Å². The van der Waals surface area contributed by atoms with E-state index in [-0.39, 0.29) is 23.8 Å². The van der Waals surface area contributed by atoms with Gasteiger partial charge in [-0.3, -0.25) is 14.4 Å². The van der Waals surface area contributed by atoms with Gasteiger partial charge < -0.3 is 0 Å². The predicted molar refractivity (Wildman–Crippen MR) is 82.8 cm³/mol. The van der Waals surface area contributed by atoms with Crippen molar-refractivity contribution in [2.45, 2.75) is 19.3 Å². The zero-order valence-corrected chi connectivity index (χ0v) is 12.1. The summed E-state index contributed by atoms with van der Waals surface area (Å²) < 4.78 is 0. The Kier molecular flexibility index (Phi) is 3.72. The van der Waals surface area contributed by atoms with E-state index in [1.54, 1.807) is 60.7 Å². The molecule has 0 spiro atoms. The van der Waals surface area contributed by atoms with Crippen LogP contribution in [0.1, 0.15) is 40.0 Å². The summed E-state index contributed by atoms with van der Waals surface area (Å²) in [5.74, 6) is -0.996. The smallest absolute Gasteiger partial charge is 0.184 e. The summed E-state index contributed by atoms with van der Waals surface area (Å²) in [6, 6.07) is 17.2. The molecule has 3 heteroatoms. The van der Waals surface area contributed by atoms with Gasteiger partial charge >= 0.3 is 0 Å². The van der Waals surface area contributed by atoms with Crippen molar-refractivity contribution in [3.05, 3.63) is 71.8 Å². The highest BCUT2D eigenvalue weighted by atomic mass is 16.2. The molecule has 0 bridgehead atoms. The molecular weight excluding hydrogens is 276 g/mol. The highest BCUT2D eigenvalue weighted by Gasteiger charge is 2.54. The molecule has 0 radical (unpaired) electrons. The van der Waals surface area contributed by atoms with Gasteiger partial charge in [0.2, 0.25) is 0 Å². The molecule has 0 N–H and O–H groups in total. The van der Waals surface area contributed by atoms with Crippen molar-refractivity contribution in [3.63, 3.8) is 0 Å². The third-order valence-electron chi connectivity index (χ3n) is 4.28. The third-order valence-corrected chi connectivity index (χ3v) is 4.28. The minimum Gasteiger partial charge on any atom is -0.298 e. The van der Waals surface area contributed by atoms with Crippen LogP contribution in [-0.2, 0) is 4.79 Å². The number of carbonyl (C=O) groups excluding carboxylic acids is 3. The van der Waals surface area contributed by atoms with E-state index in [9.17, 15) is 14.4 Å². The van der Waals surface area contributed by atoms with Crippen LogP contribution in [0.4, 0.5) is 0 Å². The summed E-state index contributed by atoms with van der Waals surface area (Å²) in [5, 5.41) is 0. The van der Waals surface area contributed by atoms with E-state index >= 15 is 0 Å². The number of benzene rings is 2. The first-order valence-electron chi connectivity index (χ1n) is 7.39. The van der Waals surface area contributed by atoms with Gasteiger partial charge in [0.15, 0.2) is 22.8 Å². The Balaban J connectivity index is 2.09. The maximum absolute atomic E-state index is 13.0. The van der Waals surface area contributed by atoms with Gasteiger partial charge in [0.1, 0.15) is 0 Å². The van der Waals surface area contributed by atoms with Gasteiger partial charge in [-0.25, -0.2) is 0 Å². The summed E-state index contributed by atoms with van der Waals surface area (Å²) in [6.07, 6.45) is 1.17. The first-order valence-corrected chi connectivity index (χ1v) is 7.39. The molecule has 3 nitrogen and oxygen atoms in total. The van der Waals surface area contributed by atoms with Crippen LogP contribution in [0.15, 0.2) is 60.7 Å². The van der Waals surface area contributed by atoms with Crippen molar-refractivity contribution in [1.29, 1.82) is 0 Å². The number of Topliss-reactive ketones (excluding diaryl/α,β-unsaturated/α-hetero) is 3. The van der Waals surface area contributed by atoms with Crippen LogP contribution in [0.5, 0.6) is 0 Å². The lowest BCUT2D eigenvalue weighted by Gasteiger charge is -2.24. The molecule has 0 amide bonds. The van der Waals surface area contributed by atoms with Crippen LogP contribution in [0.3, 0.4) is 0 Å². The van der Waals surface area contributed by atoms with E-state index < -0.39 is 5.41 Å². The topological polar surface area (TPSA) is 51.2 Å². The Morgan fingerprint density at radius 1 is 0.773 bits per heavy atom. The SMILES string of the molecule is O=C1CCCC1(C(=O)c1ccccc1)C(=O)c1ccccc1. The van der Waals surface area contributed by atoms with Crippen molar-refractivity contribution in [2.75, 3.05) is 0 Å². The highest BCUT2D eigenvalue weighted by molar-refractivity contribution is 6.33. The van der Waals surface area contributed by atoms with Crippen molar-refractivity contribution >= 4 is 17.3 Å². The van der Waals surface area contributed by atoms with Gasteiger partial charge in [-0.15, -0.1) is 0 Å². The average Bonchev–Trinajstić information content (AvgIpc) is 2.97. The molecule has 110 valence electrons. The maximum Gasteiger partial charge on any atom is 0.184 e. The van der Waals surface area contributed by atoms with Crippen molar-refractivity contribution in [3.8, 4) is 0 Å². The molecule has 0 heterocycles. The van der Waals surface area contributed by atoms with Crippen molar-refractivity contribution < 1.29 is 14.4 Å². The van der Waals surface area contributed by atoms with Crippen molar-refractivity contribution in [1.82, 2.24) is 0 Å². The maximum atomic E-state index is 13.0. The first-order chi connectivity index (χ1) is 10.7. The lowest BCUT2D eigenvalue weighted by molar-refractivity contribution is -0.121. The van der Waals surface area contributed by atoms with Crippen LogP contribution < -0.4 is 0 Å². The van der Waals surface area contributed by atoms with Gasteiger partial charge in [-0.05, 0) is 12.8 Å². The van der Waals surface area contributed by atoms with E-state index in [0.29, 0.717) is 24.0 Å². The molecule has 2 aromatic carbocycles. The van der Waals surface area contributed by atoms with E-state index in [0.717, 1.165) is 0 Å². The summed E-state index contributed by atoms with van der Waals surface area (Å²) in [7, 11) is 0. The molecule has 3 rings (SSSR count). The fraction of sp³-hybridized carbons (Fsp3) is 0.211. The minimum absolute atomic E-state index is 0.254. The molecule has 1 aliphatic rings. The number of rotatable bonds is 4. The third kappa shape index (κ3) is 2.19. The van der Waals surface area contributed by atoms with E-state index in [1.807, 2.05) is 0 Å². The Bertz CT molecular complexity index is 665. The molecule has 1 saturated carbocycles. The van der Waals surface area contributed by atoms with Crippen LogP contribution in [0.2, 0.25) is 0 Å². The largest absolute Gasteiger partial charge is 0.298 e. The highest BCUT2D eigenvalue weighted by Crippen LogP contribution is 2.40. The van der Waals surface area contributed by atoms with E-state index in [4.69, 9.17) is 0 Å². The zero-order chi connectivity index (χ0) is 15.6. The molecule has 2 aromatic rings. The summed E-state index contributed by atoms with van der Waals surface area (Å²) in [6.45, 7) is 0. The van der Waals surface area contributed by atoms with Crippen LogP contribution in [0.25, 0.3) is 0 Å². The normalized spacial score (nSPS) is 16.5. The summed E-state index contributed by atoms with van der Waals surface area (Å²) in [5.41, 5.74) is -0.702. The minimum atomic E-state index is -1.54. The molecule has 22 heavy (non-hydrogen) atoms.